The summed E-state index contributed by atoms with van der Waals surface area (Å²) in [7, 11) is 0. The van der Waals surface area contributed by atoms with Crippen LogP contribution in [0.2, 0.25) is 0 Å². The zero-order valence-corrected chi connectivity index (χ0v) is 9.38. The number of nitrogens with zero attached hydrogens (tertiary/aromatic N) is 1. The van der Waals surface area contributed by atoms with E-state index in [1.54, 1.807) is 22.8 Å². The van der Waals surface area contributed by atoms with Gasteiger partial charge in [0.15, 0.2) is 4.77 Å². The summed E-state index contributed by atoms with van der Waals surface area (Å²) in [6.07, 6.45) is 2.08. The quantitative estimate of drug-likeness (QED) is 0.584. The Labute approximate surface area is 96.7 Å². The summed E-state index contributed by atoms with van der Waals surface area (Å²) in [5, 5.41) is 0.648. The van der Waals surface area contributed by atoms with Gasteiger partial charge in [0.05, 0.1) is 10.9 Å². The Morgan fingerprint density at radius 1 is 1.44 bits per heavy atom. The van der Waals surface area contributed by atoms with Crippen LogP contribution >= 0.6 is 12.2 Å². The molecule has 0 radical (unpaired) electrons. The van der Waals surface area contributed by atoms with Gasteiger partial charge in [0.2, 0.25) is 0 Å². The molecule has 0 spiro atoms. The summed E-state index contributed by atoms with van der Waals surface area (Å²) in [6.45, 7) is 0. The first-order valence-corrected chi connectivity index (χ1v) is 5.62. The summed E-state index contributed by atoms with van der Waals surface area (Å²) in [5.74, 6) is 0. The smallest absolute Gasteiger partial charge is 0.262 e. The van der Waals surface area contributed by atoms with E-state index in [-0.39, 0.29) is 5.56 Å². The van der Waals surface area contributed by atoms with E-state index in [0.717, 1.165) is 12.8 Å². The Balaban J connectivity index is 2.43. The fraction of sp³-hybridized carbons (Fsp3) is 0.273. The molecule has 1 aliphatic carbocycles. The fourth-order valence-corrected chi connectivity index (χ4v) is 2.26. The van der Waals surface area contributed by atoms with E-state index in [4.69, 9.17) is 18.0 Å². The van der Waals surface area contributed by atoms with Crippen LogP contribution in [0.5, 0.6) is 0 Å². The molecule has 1 aliphatic rings. The molecule has 3 N–H and O–H groups in total. The van der Waals surface area contributed by atoms with Crippen LogP contribution in [0.3, 0.4) is 0 Å². The second-order valence-electron chi connectivity index (χ2n) is 4.14. The van der Waals surface area contributed by atoms with Crippen LogP contribution < -0.4 is 11.3 Å². The molecule has 0 bridgehead atoms. The van der Waals surface area contributed by atoms with Crippen LogP contribution in [-0.2, 0) is 0 Å². The Hall–Kier alpha value is -1.62. The molecule has 1 fully saturated rings. The number of hydrogen-bond donors (Lipinski definition) is 2. The number of anilines is 1. The zero-order valence-electron chi connectivity index (χ0n) is 8.56. The predicted octanol–water partition coefficient (Wildman–Crippen LogP) is 1.98. The molecule has 3 rings (SSSR count). The summed E-state index contributed by atoms with van der Waals surface area (Å²) < 4.78 is 2.17. The lowest BCUT2D eigenvalue weighted by Gasteiger charge is -2.06. The molecule has 0 aliphatic heterocycles. The molecule has 0 amide bonds. The predicted molar refractivity (Wildman–Crippen MR) is 66.1 cm³/mol. The second kappa shape index (κ2) is 3.18. The van der Waals surface area contributed by atoms with Crippen molar-refractivity contribution in [3.63, 3.8) is 0 Å². The van der Waals surface area contributed by atoms with Gasteiger partial charge in [0, 0.05) is 11.7 Å². The summed E-state index contributed by atoms with van der Waals surface area (Å²) in [5.41, 5.74) is 7.00. The minimum Gasteiger partial charge on any atom is -0.399 e. The van der Waals surface area contributed by atoms with E-state index in [0.29, 0.717) is 27.4 Å². The van der Waals surface area contributed by atoms with E-state index in [9.17, 15) is 4.79 Å². The third-order valence-corrected chi connectivity index (χ3v) is 3.16. The van der Waals surface area contributed by atoms with Gasteiger partial charge in [0.25, 0.3) is 5.56 Å². The fourth-order valence-electron chi connectivity index (χ4n) is 1.91. The van der Waals surface area contributed by atoms with Gasteiger partial charge in [0.1, 0.15) is 0 Å². The van der Waals surface area contributed by atoms with E-state index in [1.807, 2.05) is 0 Å². The number of nitrogens with two attached hydrogens (primary N) is 1. The van der Waals surface area contributed by atoms with Gasteiger partial charge in [-0.25, -0.2) is 0 Å². The minimum absolute atomic E-state index is 0.0127. The molecule has 5 heteroatoms. The Morgan fingerprint density at radius 3 is 2.88 bits per heavy atom. The molecule has 1 aromatic carbocycles. The third kappa shape index (κ3) is 1.36. The molecular weight excluding hydrogens is 222 g/mol. The molecule has 4 nitrogen and oxygen atoms in total. The van der Waals surface area contributed by atoms with E-state index in [1.165, 1.54) is 0 Å². The Kier molecular flexibility index (Phi) is 1.91. The van der Waals surface area contributed by atoms with Gasteiger partial charge >= 0.3 is 0 Å². The van der Waals surface area contributed by atoms with E-state index in [2.05, 4.69) is 4.98 Å². The molecule has 1 heterocycles. The van der Waals surface area contributed by atoms with E-state index < -0.39 is 0 Å². The molecule has 2 aromatic rings. The Bertz CT molecular complexity index is 682. The van der Waals surface area contributed by atoms with Crippen molar-refractivity contribution in [1.82, 2.24) is 9.55 Å². The average molecular weight is 233 g/mol. The van der Waals surface area contributed by atoms with Crippen molar-refractivity contribution in [3.8, 4) is 0 Å². The maximum absolute atomic E-state index is 12.2. The van der Waals surface area contributed by atoms with Crippen molar-refractivity contribution in [2.45, 2.75) is 18.9 Å². The normalized spacial score (nSPS) is 15.5. The monoisotopic (exact) mass is 233 g/mol. The molecule has 1 saturated carbocycles. The maximum Gasteiger partial charge on any atom is 0.262 e. The van der Waals surface area contributed by atoms with Gasteiger partial charge in [-0.3, -0.25) is 9.36 Å². The highest BCUT2D eigenvalue weighted by Gasteiger charge is 2.26. The molecule has 16 heavy (non-hydrogen) atoms. The van der Waals surface area contributed by atoms with Crippen LogP contribution in [-0.4, -0.2) is 9.55 Å². The van der Waals surface area contributed by atoms with Crippen molar-refractivity contribution in [2.75, 3.05) is 5.73 Å². The standard InChI is InChI=1S/C11H11N3OS/c12-6-1-4-8-9(5-6)13-11(16)14(10(8)15)7-2-3-7/h1,4-5,7H,2-3,12H2,(H,13,16). The van der Waals surface area contributed by atoms with Gasteiger partial charge < -0.3 is 10.7 Å². The number of rotatable bonds is 1. The zero-order chi connectivity index (χ0) is 11.3. The SMILES string of the molecule is Nc1ccc2c(=O)n(C3CC3)c(=S)[nH]c2c1. The van der Waals surface area contributed by atoms with Crippen LogP contribution in [0.15, 0.2) is 23.0 Å². The van der Waals surface area contributed by atoms with Crippen molar-refractivity contribution < 1.29 is 0 Å². The highest BCUT2D eigenvalue weighted by molar-refractivity contribution is 7.71. The molecular formula is C11H11N3OS. The van der Waals surface area contributed by atoms with Gasteiger partial charge in [-0.05, 0) is 43.3 Å². The first kappa shape index (κ1) is 9.59. The number of fused-ring (bicyclic) bond motifs is 1. The highest BCUT2D eigenvalue weighted by Crippen LogP contribution is 2.33. The number of aromatic nitrogens is 2. The summed E-state index contributed by atoms with van der Waals surface area (Å²) in [4.78, 5) is 15.2. The summed E-state index contributed by atoms with van der Waals surface area (Å²) >= 11 is 5.19. The van der Waals surface area contributed by atoms with Crippen molar-refractivity contribution in [3.05, 3.63) is 33.3 Å². The topological polar surface area (TPSA) is 63.8 Å². The van der Waals surface area contributed by atoms with Crippen LogP contribution in [0.4, 0.5) is 5.69 Å². The second-order valence-corrected chi connectivity index (χ2v) is 4.53. The van der Waals surface area contributed by atoms with Gasteiger partial charge in [-0.15, -0.1) is 0 Å². The molecule has 1 aromatic heterocycles. The van der Waals surface area contributed by atoms with Gasteiger partial charge in [-0.1, -0.05) is 0 Å². The maximum atomic E-state index is 12.2. The number of nitrogen functional groups attached to an aromatic ring is 1. The van der Waals surface area contributed by atoms with Crippen LogP contribution in [0, 0.1) is 4.77 Å². The molecule has 82 valence electrons. The number of hydrogen-bond acceptors (Lipinski definition) is 3. The van der Waals surface area contributed by atoms with Crippen molar-refractivity contribution in [2.24, 2.45) is 0 Å². The lowest BCUT2D eigenvalue weighted by atomic mass is 10.2. The van der Waals surface area contributed by atoms with Crippen molar-refractivity contribution >= 4 is 28.8 Å². The lowest BCUT2D eigenvalue weighted by Crippen LogP contribution is -2.21. The first-order valence-electron chi connectivity index (χ1n) is 5.21. The average Bonchev–Trinajstić information content (AvgIpc) is 3.01. The number of benzene rings is 1. The number of H-pyrrole nitrogens is 1. The van der Waals surface area contributed by atoms with Crippen LogP contribution in [0.1, 0.15) is 18.9 Å². The largest absolute Gasteiger partial charge is 0.399 e. The third-order valence-electron chi connectivity index (χ3n) is 2.87. The molecule has 0 saturated heterocycles. The minimum atomic E-state index is -0.0127. The number of aromatic amines is 1. The van der Waals surface area contributed by atoms with Crippen LogP contribution in [0.25, 0.3) is 10.9 Å². The summed E-state index contributed by atoms with van der Waals surface area (Å²) in [6, 6.07) is 5.51. The molecule has 0 unspecified atom stereocenters. The molecule has 0 atom stereocenters. The van der Waals surface area contributed by atoms with Gasteiger partial charge in [-0.2, -0.15) is 0 Å². The lowest BCUT2D eigenvalue weighted by molar-refractivity contribution is 0.686. The first-order chi connectivity index (χ1) is 7.66. The number of nitrogens with one attached hydrogen (secondary N) is 1. The van der Waals surface area contributed by atoms with E-state index >= 15 is 0 Å². The van der Waals surface area contributed by atoms with Crippen molar-refractivity contribution in [1.29, 1.82) is 0 Å². The Morgan fingerprint density at radius 2 is 2.19 bits per heavy atom. The highest BCUT2D eigenvalue weighted by atomic mass is 32.1.